The molecule has 5 nitrogen and oxygen atoms in total. The normalized spacial score (nSPS) is 16.9. The first-order valence-electron chi connectivity index (χ1n) is 10.2. The molecule has 0 aromatic heterocycles. The highest BCUT2D eigenvalue weighted by molar-refractivity contribution is 6.30. The van der Waals surface area contributed by atoms with E-state index in [0.717, 1.165) is 49.1 Å². The molecule has 3 rings (SSSR count). The zero-order chi connectivity index (χ0) is 20.5. The van der Waals surface area contributed by atoms with E-state index < -0.39 is 0 Å². The lowest BCUT2D eigenvalue weighted by Crippen LogP contribution is -2.40. The smallest absolute Gasteiger partial charge is 0.223 e. The highest BCUT2D eigenvalue weighted by atomic mass is 35.5. The molecule has 1 fully saturated rings. The molecule has 0 radical (unpaired) electrons. The molecule has 1 amide bonds. The molecule has 1 heterocycles. The van der Waals surface area contributed by atoms with Crippen molar-refractivity contribution in [2.24, 2.45) is 10.9 Å². The van der Waals surface area contributed by atoms with Gasteiger partial charge in [0.2, 0.25) is 5.91 Å². The van der Waals surface area contributed by atoms with Crippen molar-refractivity contribution in [3.8, 4) is 0 Å². The SMILES string of the molecule is CCNC(=NCc1ccc(Cl)cc1)NCC1CC(=O)N(CCc2ccccc2)C1. The second-order valence-electron chi connectivity index (χ2n) is 7.35. The van der Waals surface area contributed by atoms with E-state index in [1.165, 1.54) is 5.56 Å². The van der Waals surface area contributed by atoms with Crippen molar-refractivity contribution in [3.63, 3.8) is 0 Å². The minimum absolute atomic E-state index is 0.246. The Hall–Kier alpha value is -2.53. The van der Waals surface area contributed by atoms with E-state index in [-0.39, 0.29) is 5.91 Å². The number of rotatable bonds is 8. The molecule has 0 spiro atoms. The van der Waals surface area contributed by atoms with Crippen LogP contribution in [0.25, 0.3) is 0 Å². The predicted molar refractivity (Wildman–Crippen MR) is 119 cm³/mol. The van der Waals surface area contributed by atoms with Crippen LogP contribution in [0.1, 0.15) is 24.5 Å². The minimum atomic E-state index is 0.246. The number of nitrogens with zero attached hydrogens (tertiary/aromatic N) is 2. The van der Waals surface area contributed by atoms with Gasteiger partial charge in [-0.15, -0.1) is 0 Å². The highest BCUT2D eigenvalue weighted by Crippen LogP contribution is 2.17. The van der Waals surface area contributed by atoms with E-state index in [1.807, 2.05) is 54.3 Å². The van der Waals surface area contributed by atoms with Crippen LogP contribution >= 0.6 is 11.6 Å². The van der Waals surface area contributed by atoms with Crippen molar-refractivity contribution >= 4 is 23.5 Å². The van der Waals surface area contributed by atoms with Crippen molar-refractivity contribution in [2.75, 3.05) is 26.2 Å². The molecule has 0 bridgehead atoms. The molecule has 154 valence electrons. The monoisotopic (exact) mass is 412 g/mol. The molecule has 2 N–H and O–H groups in total. The van der Waals surface area contributed by atoms with E-state index in [1.54, 1.807) is 0 Å². The summed E-state index contributed by atoms with van der Waals surface area (Å²) in [6.45, 7) is 5.74. The second kappa shape index (κ2) is 10.9. The third kappa shape index (κ3) is 6.79. The molecule has 1 aliphatic heterocycles. The van der Waals surface area contributed by atoms with Crippen LogP contribution in [0.4, 0.5) is 0 Å². The number of hydrogen-bond donors (Lipinski definition) is 2. The van der Waals surface area contributed by atoms with Gasteiger partial charge < -0.3 is 15.5 Å². The lowest BCUT2D eigenvalue weighted by atomic mass is 10.1. The first-order valence-corrected chi connectivity index (χ1v) is 10.6. The Labute approximate surface area is 178 Å². The molecule has 29 heavy (non-hydrogen) atoms. The number of likely N-dealkylation sites (tertiary alicyclic amines) is 1. The number of hydrogen-bond acceptors (Lipinski definition) is 2. The Morgan fingerprint density at radius 2 is 1.86 bits per heavy atom. The van der Waals surface area contributed by atoms with Gasteiger partial charge in [0, 0.05) is 43.5 Å². The maximum absolute atomic E-state index is 12.4. The van der Waals surface area contributed by atoms with Gasteiger partial charge in [0.15, 0.2) is 5.96 Å². The summed E-state index contributed by atoms with van der Waals surface area (Å²) in [4.78, 5) is 19.0. The van der Waals surface area contributed by atoms with Crippen LogP contribution in [0.3, 0.4) is 0 Å². The molecule has 0 saturated carbocycles. The van der Waals surface area contributed by atoms with Gasteiger partial charge in [-0.3, -0.25) is 4.79 Å². The van der Waals surface area contributed by atoms with Gasteiger partial charge in [-0.05, 0) is 36.6 Å². The Morgan fingerprint density at radius 1 is 1.10 bits per heavy atom. The van der Waals surface area contributed by atoms with Crippen LogP contribution in [0.5, 0.6) is 0 Å². The Morgan fingerprint density at radius 3 is 2.59 bits per heavy atom. The summed E-state index contributed by atoms with van der Waals surface area (Å²) in [6, 6.07) is 18.0. The zero-order valence-corrected chi connectivity index (χ0v) is 17.7. The van der Waals surface area contributed by atoms with Gasteiger partial charge >= 0.3 is 0 Å². The Bertz CT molecular complexity index is 807. The number of carbonyl (C=O) groups excluding carboxylic acids is 1. The summed E-state index contributed by atoms with van der Waals surface area (Å²) >= 11 is 5.94. The summed E-state index contributed by atoms with van der Waals surface area (Å²) in [6.07, 6.45) is 1.50. The number of amides is 1. The quantitative estimate of drug-likeness (QED) is 0.515. The summed E-state index contributed by atoms with van der Waals surface area (Å²) in [5.74, 6) is 1.33. The third-order valence-electron chi connectivity index (χ3n) is 5.04. The molecule has 1 saturated heterocycles. The van der Waals surface area contributed by atoms with Crippen molar-refractivity contribution in [3.05, 3.63) is 70.7 Å². The second-order valence-corrected chi connectivity index (χ2v) is 7.78. The molecular formula is C23H29ClN4O. The molecule has 6 heteroatoms. The number of benzene rings is 2. The van der Waals surface area contributed by atoms with E-state index in [0.29, 0.717) is 18.9 Å². The number of aliphatic imine (C=N–C) groups is 1. The van der Waals surface area contributed by atoms with E-state index in [4.69, 9.17) is 11.6 Å². The van der Waals surface area contributed by atoms with Crippen molar-refractivity contribution in [2.45, 2.75) is 26.3 Å². The van der Waals surface area contributed by atoms with Crippen LogP contribution < -0.4 is 10.6 Å². The predicted octanol–water partition coefficient (Wildman–Crippen LogP) is 3.49. The lowest BCUT2D eigenvalue weighted by Gasteiger charge is -2.18. The molecule has 2 aromatic rings. The summed E-state index contributed by atoms with van der Waals surface area (Å²) < 4.78 is 0. The van der Waals surface area contributed by atoms with E-state index >= 15 is 0 Å². The first-order chi connectivity index (χ1) is 14.1. The third-order valence-corrected chi connectivity index (χ3v) is 5.30. The molecule has 1 atom stereocenters. The first kappa shape index (κ1) is 21.2. The van der Waals surface area contributed by atoms with E-state index in [9.17, 15) is 4.79 Å². The van der Waals surface area contributed by atoms with Crippen molar-refractivity contribution < 1.29 is 4.79 Å². The van der Waals surface area contributed by atoms with Gasteiger partial charge in [-0.2, -0.15) is 0 Å². The Balaban J connectivity index is 1.47. The van der Waals surface area contributed by atoms with Crippen LogP contribution in [0, 0.1) is 5.92 Å². The molecular weight excluding hydrogens is 384 g/mol. The van der Waals surface area contributed by atoms with E-state index in [2.05, 4.69) is 27.8 Å². The summed E-state index contributed by atoms with van der Waals surface area (Å²) in [7, 11) is 0. The van der Waals surface area contributed by atoms with Crippen molar-refractivity contribution in [1.82, 2.24) is 15.5 Å². The summed E-state index contributed by atoms with van der Waals surface area (Å²) in [5.41, 5.74) is 2.38. The largest absolute Gasteiger partial charge is 0.357 e. The fourth-order valence-corrected chi connectivity index (χ4v) is 3.58. The fourth-order valence-electron chi connectivity index (χ4n) is 3.46. The number of guanidine groups is 1. The van der Waals surface area contributed by atoms with Gasteiger partial charge in [-0.25, -0.2) is 4.99 Å². The fraction of sp³-hybridized carbons (Fsp3) is 0.391. The number of nitrogens with one attached hydrogen (secondary N) is 2. The van der Waals surface area contributed by atoms with Crippen LogP contribution in [-0.4, -0.2) is 42.9 Å². The molecule has 1 aliphatic rings. The molecule has 1 unspecified atom stereocenters. The van der Waals surface area contributed by atoms with Crippen LogP contribution in [0.2, 0.25) is 5.02 Å². The maximum atomic E-state index is 12.4. The van der Waals surface area contributed by atoms with Gasteiger partial charge in [0.1, 0.15) is 0 Å². The standard InChI is InChI=1S/C23H29ClN4O/c1-2-25-23(26-15-19-8-10-21(24)11-9-19)27-16-20-14-22(29)28(17-20)13-12-18-6-4-3-5-7-18/h3-11,20H,2,12-17H2,1H3,(H2,25,26,27). The lowest BCUT2D eigenvalue weighted by molar-refractivity contribution is -0.127. The van der Waals surface area contributed by atoms with Crippen LogP contribution in [0.15, 0.2) is 59.6 Å². The van der Waals surface area contributed by atoms with Gasteiger partial charge in [0.25, 0.3) is 0 Å². The van der Waals surface area contributed by atoms with Gasteiger partial charge in [-0.1, -0.05) is 54.1 Å². The number of halogens is 1. The molecule has 2 aromatic carbocycles. The highest BCUT2D eigenvalue weighted by Gasteiger charge is 2.29. The number of carbonyl (C=O) groups is 1. The zero-order valence-electron chi connectivity index (χ0n) is 16.9. The topological polar surface area (TPSA) is 56.7 Å². The summed E-state index contributed by atoms with van der Waals surface area (Å²) in [5, 5.41) is 7.39. The minimum Gasteiger partial charge on any atom is -0.357 e. The maximum Gasteiger partial charge on any atom is 0.223 e. The van der Waals surface area contributed by atoms with Crippen molar-refractivity contribution in [1.29, 1.82) is 0 Å². The average Bonchev–Trinajstić information content (AvgIpc) is 3.10. The average molecular weight is 413 g/mol. The molecule has 0 aliphatic carbocycles. The van der Waals surface area contributed by atoms with Crippen LogP contribution in [-0.2, 0) is 17.8 Å². The Kier molecular flexibility index (Phi) is 7.94. The van der Waals surface area contributed by atoms with Gasteiger partial charge in [0.05, 0.1) is 6.54 Å².